The SMILES string of the molecule is CCc1cc2oc(=O)cc(Cn3cnc4ccc(Br)cc4c3=O)c2cc1Cl. The fraction of sp³-hybridized carbons (Fsp3) is 0.150. The second-order valence-corrected chi connectivity index (χ2v) is 7.55. The van der Waals surface area contributed by atoms with Crippen LogP contribution in [0, 0.1) is 0 Å². The third-order valence-corrected chi connectivity index (χ3v) is 5.35. The summed E-state index contributed by atoms with van der Waals surface area (Å²) in [6.45, 7) is 2.17. The Morgan fingerprint density at radius 2 is 1.93 bits per heavy atom. The number of hydrogen-bond acceptors (Lipinski definition) is 4. The van der Waals surface area contributed by atoms with Crippen LogP contribution in [0.1, 0.15) is 18.1 Å². The van der Waals surface area contributed by atoms with Gasteiger partial charge in [0.25, 0.3) is 5.56 Å². The maximum atomic E-state index is 12.8. The first-order chi connectivity index (χ1) is 13.0. The van der Waals surface area contributed by atoms with Gasteiger partial charge in [-0.1, -0.05) is 34.5 Å². The second-order valence-electron chi connectivity index (χ2n) is 6.22. The molecule has 0 aliphatic rings. The molecular formula is C20H14BrClN2O3. The highest BCUT2D eigenvalue weighted by Gasteiger charge is 2.12. The predicted octanol–water partition coefficient (Wildman–Crippen LogP) is 4.53. The number of hydrogen-bond donors (Lipinski definition) is 0. The Kier molecular flexibility index (Phi) is 4.61. The molecule has 0 saturated carbocycles. The van der Waals surface area contributed by atoms with Gasteiger partial charge in [0.2, 0.25) is 0 Å². The van der Waals surface area contributed by atoms with Crippen molar-refractivity contribution in [3.63, 3.8) is 0 Å². The molecule has 4 rings (SSSR count). The molecule has 0 amide bonds. The second kappa shape index (κ2) is 6.94. The van der Waals surface area contributed by atoms with Crippen LogP contribution in [0.15, 0.2) is 61.2 Å². The number of rotatable bonds is 3. The first-order valence-corrected chi connectivity index (χ1v) is 9.53. The van der Waals surface area contributed by atoms with E-state index in [0.717, 1.165) is 16.5 Å². The van der Waals surface area contributed by atoms with Gasteiger partial charge in [0.05, 0.1) is 23.8 Å². The maximum absolute atomic E-state index is 12.8. The molecule has 0 saturated heterocycles. The van der Waals surface area contributed by atoms with Crippen LogP contribution in [0.2, 0.25) is 5.02 Å². The average molecular weight is 446 g/mol. The lowest BCUT2D eigenvalue weighted by Crippen LogP contribution is -2.21. The first-order valence-electron chi connectivity index (χ1n) is 8.36. The van der Waals surface area contributed by atoms with E-state index in [1.54, 1.807) is 24.3 Å². The van der Waals surface area contributed by atoms with Gasteiger partial charge in [-0.3, -0.25) is 9.36 Å². The zero-order valence-corrected chi connectivity index (χ0v) is 16.7. The molecule has 0 spiro atoms. The fourth-order valence-corrected chi connectivity index (χ4v) is 3.78. The normalized spacial score (nSPS) is 11.4. The maximum Gasteiger partial charge on any atom is 0.336 e. The smallest absolute Gasteiger partial charge is 0.336 e. The van der Waals surface area contributed by atoms with Crippen LogP contribution >= 0.6 is 27.5 Å². The molecule has 4 aromatic rings. The van der Waals surface area contributed by atoms with E-state index in [4.69, 9.17) is 16.0 Å². The number of aromatic nitrogens is 2. The molecule has 7 heteroatoms. The van der Waals surface area contributed by atoms with Gasteiger partial charge in [-0.05, 0) is 47.9 Å². The highest BCUT2D eigenvalue weighted by atomic mass is 79.9. The van der Waals surface area contributed by atoms with Gasteiger partial charge in [0.1, 0.15) is 5.58 Å². The van der Waals surface area contributed by atoms with Gasteiger partial charge < -0.3 is 4.42 Å². The van der Waals surface area contributed by atoms with Crippen LogP contribution in [0.3, 0.4) is 0 Å². The summed E-state index contributed by atoms with van der Waals surface area (Å²) >= 11 is 9.72. The lowest BCUT2D eigenvalue weighted by molar-refractivity contribution is 0.557. The third kappa shape index (κ3) is 3.31. The van der Waals surface area contributed by atoms with Gasteiger partial charge in [-0.15, -0.1) is 0 Å². The Bertz CT molecular complexity index is 1310. The summed E-state index contributed by atoms with van der Waals surface area (Å²) in [7, 11) is 0. The molecule has 2 heterocycles. The van der Waals surface area contributed by atoms with Crippen LogP contribution in [0.5, 0.6) is 0 Å². The third-order valence-electron chi connectivity index (χ3n) is 4.50. The van der Waals surface area contributed by atoms with Gasteiger partial charge >= 0.3 is 5.63 Å². The molecule has 0 N–H and O–H groups in total. The van der Waals surface area contributed by atoms with E-state index < -0.39 is 5.63 Å². The molecule has 0 radical (unpaired) electrons. The summed E-state index contributed by atoms with van der Waals surface area (Å²) in [5, 5.41) is 1.82. The van der Waals surface area contributed by atoms with Crippen molar-refractivity contribution in [3.05, 3.63) is 84.1 Å². The predicted molar refractivity (Wildman–Crippen MR) is 110 cm³/mol. The van der Waals surface area contributed by atoms with Crippen molar-refractivity contribution < 1.29 is 4.42 Å². The number of halogens is 2. The van der Waals surface area contributed by atoms with Crippen LogP contribution in [0.4, 0.5) is 0 Å². The molecule has 0 unspecified atom stereocenters. The zero-order chi connectivity index (χ0) is 19.1. The summed E-state index contributed by atoms with van der Waals surface area (Å²) in [5.41, 5.74) is 1.99. The summed E-state index contributed by atoms with van der Waals surface area (Å²) in [6, 6.07) is 10.3. The van der Waals surface area contributed by atoms with Crippen molar-refractivity contribution in [2.75, 3.05) is 0 Å². The quantitative estimate of drug-likeness (QED) is 0.435. The van der Waals surface area contributed by atoms with E-state index in [1.165, 1.54) is 17.0 Å². The Balaban J connectivity index is 1.90. The Morgan fingerprint density at radius 1 is 1.11 bits per heavy atom. The Morgan fingerprint density at radius 3 is 2.70 bits per heavy atom. The van der Waals surface area contributed by atoms with E-state index in [1.807, 2.05) is 13.0 Å². The number of aryl methyl sites for hydroxylation is 1. The molecule has 2 aromatic heterocycles. The monoisotopic (exact) mass is 444 g/mol. The average Bonchev–Trinajstić information content (AvgIpc) is 2.64. The molecule has 2 aromatic carbocycles. The molecule has 0 fully saturated rings. The Labute approximate surface area is 167 Å². The molecule has 27 heavy (non-hydrogen) atoms. The van der Waals surface area contributed by atoms with Crippen molar-refractivity contribution in [2.45, 2.75) is 19.9 Å². The fourth-order valence-electron chi connectivity index (χ4n) is 3.12. The van der Waals surface area contributed by atoms with Crippen LogP contribution < -0.4 is 11.2 Å². The van der Waals surface area contributed by atoms with Gasteiger partial charge in [0, 0.05) is 20.9 Å². The van der Waals surface area contributed by atoms with Crippen molar-refractivity contribution >= 4 is 49.4 Å². The van der Waals surface area contributed by atoms with Crippen LogP contribution in [-0.4, -0.2) is 9.55 Å². The van der Waals surface area contributed by atoms with Crippen molar-refractivity contribution in [2.24, 2.45) is 0 Å². The highest BCUT2D eigenvalue weighted by molar-refractivity contribution is 9.10. The Hall–Kier alpha value is -2.44. The van der Waals surface area contributed by atoms with E-state index in [-0.39, 0.29) is 12.1 Å². The number of nitrogens with zero attached hydrogens (tertiary/aromatic N) is 2. The summed E-state index contributed by atoms with van der Waals surface area (Å²) in [5.74, 6) is 0. The van der Waals surface area contributed by atoms with Gasteiger partial charge in [-0.2, -0.15) is 0 Å². The van der Waals surface area contributed by atoms with Crippen LogP contribution in [0.25, 0.3) is 21.9 Å². The molecule has 5 nitrogen and oxygen atoms in total. The number of benzene rings is 2. The van der Waals surface area contributed by atoms with Crippen molar-refractivity contribution in [1.82, 2.24) is 9.55 Å². The molecule has 0 aliphatic heterocycles. The molecule has 0 aliphatic carbocycles. The highest BCUT2D eigenvalue weighted by Crippen LogP contribution is 2.26. The van der Waals surface area contributed by atoms with Crippen LogP contribution in [-0.2, 0) is 13.0 Å². The lowest BCUT2D eigenvalue weighted by Gasteiger charge is -2.10. The minimum absolute atomic E-state index is 0.182. The van der Waals surface area contributed by atoms with Crippen molar-refractivity contribution in [1.29, 1.82) is 0 Å². The zero-order valence-electron chi connectivity index (χ0n) is 14.3. The molecule has 136 valence electrons. The number of fused-ring (bicyclic) bond motifs is 2. The van der Waals surface area contributed by atoms with Gasteiger partial charge in [0.15, 0.2) is 0 Å². The standard InChI is InChI=1S/C20H14BrClN2O3/c1-2-11-5-18-14(8-16(11)22)12(6-19(25)27-18)9-24-10-23-17-4-3-13(21)7-15(17)20(24)26/h3-8,10H,2,9H2,1H3. The van der Waals surface area contributed by atoms with Gasteiger partial charge in [-0.25, -0.2) is 9.78 Å². The largest absolute Gasteiger partial charge is 0.423 e. The first kappa shape index (κ1) is 17.9. The summed E-state index contributed by atoms with van der Waals surface area (Å²) < 4.78 is 7.61. The molecular weight excluding hydrogens is 432 g/mol. The van der Waals surface area contributed by atoms with E-state index >= 15 is 0 Å². The summed E-state index contributed by atoms with van der Waals surface area (Å²) in [4.78, 5) is 29.2. The summed E-state index contributed by atoms with van der Waals surface area (Å²) in [6.07, 6.45) is 2.21. The molecule has 0 bridgehead atoms. The van der Waals surface area contributed by atoms with Crippen molar-refractivity contribution in [3.8, 4) is 0 Å². The minimum atomic E-state index is -0.466. The molecule has 0 atom stereocenters. The van der Waals surface area contributed by atoms with E-state index in [2.05, 4.69) is 20.9 Å². The lowest BCUT2D eigenvalue weighted by atomic mass is 10.1. The topological polar surface area (TPSA) is 65.1 Å². The van der Waals surface area contributed by atoms with E-state index in [9.17, 15) is 9.59 Å². The van der Waals surface area contributed by atoms with E-state index in [0.29, 0.717) is 32.5 Å². The minimum Gasteiger partial charge on any atom is -0.423 e.